The molecule has 2 aromatic carbocycles. The van der Waals surface area contributed by atoms with E-state index in [2.05, 4.69) is 5.32 Å². The molecule has 1 aliphatic carbocycles. The SMILES string of the molecule is C[C@@H](OC(=O)c1ccc2c(c1)CCCC2)C(=O)Nc1ccccc1C(F)(F)F. The fraction of sp³-hybridized carbons (Fsp3) is 0.333. The van der Waals surface area contributed by atoms with E-state index in [-0.39, 0.29) is 5.69 Å². The van der Waals surface area contributed by atoms with Crippen molar-refractivity contribution in [1.82, 2.24) is 0 Å². The minimum absolute atomic E-state index is 0.330. The summed E-state index contributed by atoms with van der Waals surface area (Å²) < 4.78 is 44.3. The lowest BCUT2D eigenvalue weighted by molar-refractivity contribution is -0.137. The summed E-state index contributed by atoms with van der Waals surface area (Å²) in [5.41, 5.74) is 1.29. The van der Waals surface area contributed by atoms with E-state index in [0.717, 1.165) is 43.4 Å². The van der Waals surface area contributed by atoms with E-state index < -0.39 is 29.7 Å². The Kier molecular flexibility index (Phi) is 5.72. The van der Waals surface area contributed by atoms with E-state index in [0.29, 0.717) is 5.56 Å². The number of halogens is 3. The smallest absolute Gasteiger partial charge is 0.418 e. The molecule has 4 nitrogen and oxygen atoms in total. The van der Waals surface area contributed by atoms with E-state index >= 15 is 0 Å². The summed E-state index contributed by atoms with van der Waals surface area (Å²) in [6.07, 6.45) is -1.81. The Balaban J connectivity index is 1.67. The molecule has 0 aromatic heterocycles. The van der Waals surface area contributed by atoms with Crippen molar-refractivity contribution in [3.8, 4) is 0 Å². The van der Waals surface area contributed by atoms with Crippen LogP contribution in [0.1, 0.15) is 46.8 Å². The first-order valence-electron chi connectivity index (χ1n) is 9.05. The Bertz CT molecular complexity index is 893. The number of anilines is 1. The van der Waals surface area contributed by atoms with Crippen molar-refractivity contribution in [3.63, 3.8) is 0 Å². The molecule has 0 radical (unpaired) electrons. The van der Waals surface area contributed by atoms with Crippen LogP contribution in [0.3, 0.4) is 0 Å². The molecule has 1 aliphatic rings. The number of nitrogens with one attached hydrogen (secondary N) is 1. The lowest BCUT2D eigenvalue weighted by atomic mass is 9.90. The second-order valence-corrected chi connectivity index (χ2v) is 6.77. The van der Waals surface area contributed by atoms with Crippen molar-refractivity contribution in [2.24, 2.45) is 0 Å². The molecule has 0 bridgehead atoms. The van der Waals surface area contributed by atoms with Gasteiger partial charge in [0.25, 0.3) is 5.91 Å². The number of benzene rings is 2. The number of hydrogen-bond acceptors (Lipinski definition) is 3. The zero-order valence-electron chi connectivity index (χ0n) is 15.3. The summed E-state index contributed by atoms with van der Waals surface area (Å²) in [6.45, 7) is 1.32. The van der Waals surface area contributed by atoms with E-state index in [1.165, 1.54) is 24.6 Å². The molecule has 0 fully saturated rings. The van der Waals surface area contributed by atoms with Gasteiger partial charge in [-0.15, -0.1) is 0 Å². The van der Waals surface area contributed by atoms with Crippen LogP contribution in [0.15, 0.2) is 42.5 Å². The Morgan fingerprint density at radius 1 is 1.04 bits per heavy atom. The quantitative estimate of drug-likeness (QED) is 0.764. The fourth-order valence-corrected chi connectivity index (χ4v) is 3.22. The monoisotopic (exact) mass is 391 g/mol. The van der Waals surface area contributed by atoms with Gasteiger partial charge < -0.3 is 10.1 Å². The average molecular weight is 391 g/mol. The highest BCUT2D eigenvalue weighted by Crippen LogP contribution is 2.34. The van der Waals surface area contributed by atoms with Crippen LogP contribution in [0.4, 0.5) is 18.9 Å². The summed E-state index contributed by atoms with van der Waals surface area (Å²) >= 11 is 0. The molecule has 0 saturated heterocycles. The Labute approximate surface area is 160 Å². The zero-order chi connectivity index (χ0) is 20.3. The Morgan fingerprint density at radius 3 is 2.43 bits per heavy atom. The zero-order valence-corrected chi connectivity index (χ0v) is 15.3. The number of ether oxygens (including phenoxy) is 1. The average Bonchev–Trinajstić information content (AvgIpc) is 2.67. The molecule has 3 rings (SSSR count). The predicted octanol–water partition coefficient (Wildman–Crippen LogP) is 4.77. The summed E-state index contributed by atoms with van der Waals surface area (Å²) in [5, 5.41) is 2.19. The molecule has 148 valence electrons. The maximum atomic E-state index is 13.0. The Hall–Kier alpha value is -2.83. The number of hydrogen-bond donors (Lipinski definition) is 1. The molecule has 0 spiro atoms. The first-order chi connectivity index (χ1) is 13.3. The van der Waals surface area contributed by atoms with Gasteiger partial charge in [0.05, 0.1) is 16.8 Å². The van der Waals surface area contributed by atoms with Crippen LogP contribution < -0.4 is 5.32 Å². The number of carbonyl (C=O) groups excluding carboxylic acids is 2. The maximum absolute atomic E-state index is 13.0. The summed E-state index contributed by atoms with van der Waals surface area (Å²) in [5.74, 6) is -1.51. The first-order valence-corrected chi connectivity index (χ1v) is 9.05. The molecule has 1 atom stereocenters. The van der Waals surface area contributed by atoms with Crippen LogP contribution in [0, 0.1) is 0 Å². The molecule has 0 heterocycles. The molecule has 0 aliphatic heterocycles. The van der Waals surface area contributed by atoms with Gasteiger partial charge in [0.1, 0.15) is 0 Å². The highest BCUT2D eigenvalue weighted by atomic mass is 19.4. The van der Waals surface area contributed by atoms with Gasteiger partial charge in [-0.1, -0.05) is 18.2 Å². The van der Waals surface area contributed by atoms with Crippen LogP contribution in [0.5, 0.6) is 0 Å². The first kappa shape index (κ1) is 19.9. The number of esters is 1. The van der Waals surface area contributed by atoms with Gasteiger partial charge in [-0.25, -0.2) is 4.79 Å². The third-order valence-corrected chi connectivity index (χ3v) is 4.73. The van der Waals surface area contributed by atoms with Gasteiger partial charge in [0.15, 0.2) is 6.10 Å². The Morgan fingerprint density at radius 2 is 1.71 bits per heavy atom. The molecule has 0 unspecified atom stereocenters. The summed E-state index contributed by atoms with van der Waals surface area (Å²) in [6, 6.07) is 9.94. The number of rotatable bonds is 4. The van der Waals surface area contributed by atoms with Gasteiger partial charge in [-0.3, -0.25) is 4.79 Å². The van der Waals surface area contributed by atoms with Gasteiger partial charge in [-0.05, 0) is 68.0 Å². The lowest BCUT2D eigenvalue weighted by Crippen LogP contribution is -2.30. The van der Waals surface area contributed by atoms with Crippen molar-refractivity contribution >= 4 is 17.6 Å². The van der Waals surface area contributed by atoms with Crippen molar-refractivity contribution in [2.75, 3.05) is 5.32 Å². The fourth-order valence-electron chi connectivity index (χ4n) is 3.22. The number of alkyl halides is 3. The standard InChI is InChI=1S/C21H20F3NO3/c1-13(19(26)25-18-9-5-4-8-17(18)21(22,23)24)28-20(27)16-11-10-14-6-2-3-7-15(14)12-16/h4-5,8-13H,2-3,6-7H2,1H3,(H,25,26)/t13-/m1/s1. The molecule has 28 heavy (non-hydrogen) atoms. The van der Waals surface area contributed by atoms with Gasteiger partial charge in [0.2, 0.25) is 0 Å². The third-order valence-electron chi connectivity index (χ3n) is 4.73. The van der Waals surface area contributed by atoms with E-state index in [1.54, 1.807) is 12.1 Å². The van der Waals surface area contributed by atoms with Crippen LogP contribution in [-0.2, 0) is 28.5 Å². The number of amides is 1. The highest BCUT2D eigenvalue weighted by molar-refractivity contribution is 5.97. The topological polar surface area (TPSA) is 55.4 Å². The van der Waals surface area contributed by atoms with Crippen molar-refractivity contribution in [2.45, 2.75) is 44.9 Å². The minimum Gasteiger partial charge on any atom is -0.449 e. The number of para-hydroxylation sites is 1. The number of fused-ring (bicyclic) bond motifs is 1. The normalized spacial score (nSPS) is 14.7. The second-order valence-electron chi connectivity index (χ2n) is 6.77. The number of carbonyl (C=O) groups is 2. The molecule has 1 N–H and O–H groups in total. The van der Waals surface area contributed by atoms with Crippen LogP contribution in [-0.4, -0.2) is 18.0 Å². The van der Waals surface area contributed by atoms with Crippen molar-refractivity contribution in [3.05, 3.63) is 64.7 Å². The van der Waals surface area contributed by atoms with Gasteiger partial charge in [-0.2, -0.15) is 13.2 Å². The molecule has 2 aromatic rings. The number of aryl methyl sites for hydroxylation is 2. The predicted molar refractivity (Wildman–Crippen MR) is 98.0 cm³/mol. The van der Waals surface area contributed by atoms with E-state index in [9.17, 15) is 22.8 Å². The second kappa shape index (κ2) is 8.04. The molecule has 7 heteroatoms. The molecular weight excluding hydrogens is 371 g/mol. The molecule has 0 saturated carbocycles. The molecule has 1 amide bonds. The highest BCUT2D eigenvalue weighted by Gasteiger charge is 2.34. The largest absolute Gasteiger partial charge is 0.449 e. The van der Waals surface area contributed by atoms with Gasteiger partial charge in [0, 0.05) is 0 Å². The van der Waals surface area contributed by atoms with Crippen LogP contribution >= 0.6 is 0 Å². The van der Waals surface area contributed by atoms with E-state index in [1.807, 2.05) is 6.07 Å². The van der Waals surface area contributed by atoms with Crippen LogP contribution in [0.2, 0.25) is 0 Å². The van der Waals surface area contributed by atoms with E-state index in [4.69, 9.17) is 4.74 Å². The maximum Gasteiger partial charge on any atom is 0.418 e. The summed E-state index contributed by atoms with van der Waals surface area (Å²) in [4.78, 5) is 24.6. The van der Waals surface area contributed by atoms with Crippen molar-refractivity contribution in [1.29, 1.82) is 0 Å². The van der Waals surface area contributed by atoms with Crippen molar-refractivity contribution < 1.29 is 27.5 Å². The van der Waals surface area contributed by atoms with Gasteiger partial charge >= 0.3 is 12.1 Å². The molecular formula is C21H20F3NO3. The van der Waals surface area contributed by atoms with Crippen LogP contribution in [0.25, 0.3) is 0 Å². The third kappa shape index (κ3) is 4.52. The summed E-state index contributed by atoms with van der Waals surface area (Å²) in [7, 11) is 0. The lowest BCUT2D eigenvalue weighted by Gasteiger charge is -2.18. The minimum atomic E-state index is -4.60.